The van der Waals surface area contributed by atoms with Crippen molar-refractivity contribution < 1.29 is 28.4 Å². The minimum atomic E-state index is -3.70. The fraction of sp³-hybridized carbons (Fsp3) is 0.500. The molecule has 8 heteroatoms. The number of benzene rings is 2. The fourth-order valence-electron chi connectivity index (χ4n) is 4.06. The van der Waals surface area contributed by atoms with Gasteiger partial charge in [-0.15, -0.1) is 0 Å². The van der Waals surface area contributed by atoms with Gasteiger partial charge < -0.3 is 28.7 Å². The smallest absolute Gasteiger partial charge is 0.264 e. The lowest BCUT2D eigenvalue weighted by Crippen LogP contribution is -2.22. The average molecular weight is 464 g/mol. The minimum absolute atomic E-state index is 0.153. The van der Waals surface area contributed by atoms with E-state index in [1.54, 1.807) is 24.3 Å². The molecule has 1 saturated carbocycles. The van der Waals surface area contributed by atoms with Crippen molar-refractivity contribution in [1.82, 2.24) is 0 Å². The van der Waals surface area contributed by atoms with E-state index in [4.69, 9.17) is 18.7 Å². The van der Waals surface area contributed by atoms with Crippen LogP contribution in [-0.2, 0) is 9.09 Å². The van der Waals surface area contributed by atoms with Crippen LogP contribution in [0.1, 0.15) is 43.5 Å². The lowest BCUT2D eigenvalue weighted by atomic mass is 9.98. The van der Waals surface area contributed by atoms with E-state index in [0.29, 0.717) is 28.1 Å². The summed E-state index contributed by atoms with van der Waals surface area (Å²) in [6, 6.07) is 10.6. The summed E-state index contributed by atoms with van der Waals surface area (Å²) in [5, 5.41) is 11.9. The van der Waals surface area contributed by atoms with E-state index in [1.165, 1.54) is 21.3 Å². The van der Waals surface area contributed by atoms with E-state index in [1.807, 2.05) is 31.1 Å². The summed E-state index contributed by atoms with van der Waals surface area (Å²) in [6.45, 7) is 0. The van der Waals surface area contributed by atoms with Gasteiger partial charge in [0.05, 0.1) is 27.4 Å². The molecule has 176 valence electrons. The van der Waals surface area contributed by atoms with Crippen molar-refractivity contribution in [2.24, 2.45) is 0 Å². The van der Waals surface area contributed by atoms with Gasteiger partial charge in [-0.25, -0.2) is 0 Å². The van der Waals surface area contributed by atoms with Crippen LogP contribution >= 0.6 is 7.37 Å². The molecular weight excluding hydrogens is 429 g/mol. The molecule has 1 aliphatic rings. The first-order valence-corrected chi connectivity index (χ1v) is 12.6. The van der Waals surface area contributed by atoms with Crippen LogP contribution in [0.15, 0.2) is 36.4 Å². The van der Waals surface area contributed by atoms with Crippen LogP contribution in [0.5, 0.6) is 17.2 Å². The maximum atomic E-state index is 14.4. The maximum Gasteiger partial charge on any atom is 0.264 e. The predicted octanol–water partition coefficient (Wildman–Crippen LogP) is 4.72. The van der Waals surface area contributed by atoms with E-state index in [2.05, 4.69) is 0 Å². The Labute approximate surface area is 190 Å². The summed E-state index contributed by atoms with van der Waals surface area (Å²) in [5.74, 6) is -0.214. The molecule has 0 amide bonds. The van der Waals surface area contributed by atoms with Crippen molar-refractivity contribution in [3.63, 3.8) is 0 Å². The minimum Gasteiger partial charge on any atom is -0.493 e. The number of anilines is 1. The van der Waals surface area contributed by atoms with Crippen molar-refractivity contribution in [2.75, 3.05) is 40.3 Å². The molecule has 0 bridgehead atoms. The number of methoxy groups -OCH3 is 3. The molecule has 0 aliphatic heterocycles. The zero-order valence-electron chi connectivity index (χ0n) is 19.5. The largest absolute Gasteiger partial charge is 0.493 e. The number of aliphatic hydroxyl groups excluding tert-OH is 1. The highest BCUT2D eigenvalue weighted by molar-refractivity contribution is 7.67. The van der Waals surface area contributed by atoms with Gasteiger partial charge >= 0.3 is 0 Å². The lowest BCUT2D eigenvalue weighted by molar-refractivity contribution is 0.137. The van der Waals surface area contributed by atoms with E-state index in [0.717, 1.165) is 37.8 Å². The van der Waals surface area contributed by atoms with Gasteiger partial charge in [-0.3, -0.25) is 4.57 Å². The summed E-state index contributed by atoms with van der Waals surface area (Å²) in [4.78, 5) is 1.96. The van der Waals surface area contributed by atoms with Gasteiger partial charge in [-0.1, -0.05) is 19.3 Å². The van der Waals surface area contributed by atoms with Crippen LogP contribution in [0.25, 0.3) is 0 Å². The van der Waals surface area contributed by atoms with E-state index >= 15 is 0 Å². The van der Waals surface area contributed by atoms with Gasteiger partial charge in [-0.2, -0.15) is 0 Å². The van der Waals surface area contributed by atoms with Crippen LogP contribution in [-0.4, -0.2) is 46.6 Å². The molecule has 32 heavy (non-hydrogen) atoms. The highest BCUT2D eigenvalue weighted by Gasteiger charge is 2.40. The number of hydrogen-bond acceptors (Lipinski definition) is 7. The molecular formula is C24H34NO6P. The second-order valence-corrected chi connectivity index (χ2v) is 10.6. The van der Waals surface area contributed by atoms with Crippen molar-refractivity contribution in [3.05, 3.63) is 42.0 Å². The van der Waals surface area contributed by atoms with Gasteiger partial charge in [0.25, 0.3) is 7.37 Å². The number of hydrogen-bond donors (Lipinski definition) is 1. The third-order valence-corrected chi connectivity index (χ3v) is 8.46. The predicted molar refractivity (Wildman–Crippen MR) is 127 cm³/mol. The van der Waals surface area contributed by atoms with E-state index in [9.17, 15) is 9.67 Å². The van der Waals surface area contributed by atoms with Gasteiger partial charge in [0.1, 0.15) is 0 Å². The molecule has 0 heterocycles. The van der Waals surface area contributed by atoms with E-state index in [-0.39, 0.29) is 6.10 Å². The molecule has 0 aromatic heterocycles. The number of aliphatic hydroxyl groups is 1. The molecule has 1 fully saturated rings. The van der Waals surface area contributed by atoms with Crippen molar-refractivity contribution in [2.45, 2.75) is 44.1 Å². The highest BCUT2D eigenvalue weighted by Crippen LogP contribution is 2.60. The lowest BCUT2D eigenvalue weighted by Gasteiger charge is -2.31. The summed E-state index contributed by atoms with van der Waals surface area (Å²) in [7, 11) is 4.71. The first-order chi connectivity index (χ1) is 15.3. The first kappa shape index (κ1) is 24.4. The van der Waals surface area contributed by atoms with Crippen molar-refractivity contribution in [3.8, 4) is 17.2 Å². The Kier molecular flexibility index (Phi) is 8.10. The third-order valence-electron chi connectivity index (χ3n) is 5.89. The molecule has 7 nitrogen and oxygen atoms in total. The van der Waals surface area contributed by atoms with Crippen LogP contribution < -0.4 is 24.4 Å². The summed E-state index contributed by atoms with van der Waals surface area (Å²) < 4.78 is 36.9. The quantitative estimate of drug-likeness (QED) is 0.539. The van der Waals surface area contributed by atoms with Crippen LogP contribution in [0.2, 0.25) is 0 Å². The SMILES string of the molecule is COc1cc([C@H](O)[P@](=O)(OC2CCCCC2)c2ccc(N(C)C)cc2)cc(OC)c1OC. The number of rotatable bonds is 9. The Hall–Kier alpha value is -2.21. The summed E-state index contributed by atoms with van der Waals surface area (Å²) >= 11 is 0. The normalized spacial score (nSPS) is 17.3. The third kappa shape index (κ3) is 5.06. The highest BCUT2D eigenvalue weighted by atomic mass is 31.2. The molecule has 0 unspecified atom stereocenters. The molecule has 3 rings (SSSR count). The summed E-state index contributed by atoms with van der Waals surface area (Å²) in [5.41, 5.74) is 1.36. The molecule has 1 aliphatic carbocycles. The Morgan fingerprint density at radius 3 is 1.97 bits per heavy atom. The van der Waals surface area contributed by atoms with Gasteiger partial charge in [0.2, 0.25) is 5.75 Å². The zero-order valence-corrected chi connectivity index (χ0v) is 20.4. The monoisotopic (exact) mass is 463 g/mol. The van der Waals surface area contributed by atoms with Crippen molar-refractivity contribution in [1.29, 1.82) is 0 Å². The standard InChI is InChI=1S/C24H34NO6P/c1-25(2)18-11-13-20(14-12-18)32(27,31-19-9-7-6-8-10-19)24(26)17-15-21(28-3)23(30-5)22(16-17)29-4/h11-16,19,24,26H,6-10H2,1-5H3/t24-,32-/m1/s1. The topological polar surface area (TPSA) is 77.5 Å². The Morgan fingerprint density at radius 1 is 0.938 bits per heavy atom. The first-order valence-electron chi connectivity index (χ1n) is 10.9. The van der Waals surface area contributed by atoms with Crippen molar-refractivity contribution >= 4 is 18.4 Å². The van der Waals surface area contributed by atoms with E-state index < -0.39 is 13.2 Å². The van der Waals surface area contributed by atoms with Crippen LogP contribution in [0.4, 0.5) is 5.69 Å². The molecule has 0 radical (unpaired) electrons. The molecule has 0 spiro atoms. The fourth-order valence-corrected chi connectivity index (χ4v) is 6.34. The second kappa shape index (κ2) is 10.6. The van der Waals surface area contributed by atoms with Gasteiger partial charge in [0.15, 0.2) is 17.3 Å². The molecule has 0 saturated heterocycles. The van der Waals surface area contributed by atoms with Crippen LogP contribution in [0.3, 0.4) is 0 Å². The Balaban J connectivity index is 2.07. The number of nitrogens with zero attached hydrogens (tertiary/aromatic N) is 1. The molecule has 1 N–H and O–H groups in total. The van der Waals surface area contributed by atoms with Gasteiger partial charge in [0, 0.05) is 25.1 Å². The molecule has 2 aromatic carbocycles. The Morgan fingerprint density at radius 2 is 1.50 bits per heavy atom. The van der Waals surface area contributed by atoms with Gasteiger partial charge in [-0.05, 0) is 54.8 Å². The average Bonchev–Trinajstić information content (AvgIpc) is 2.83. The maximum absolute atomic E-state index is 14.4. The van der Waals surface area contributed by atoms with Crippen LogP contribution in [0, 0.1) is 0 Å². The zero-order chi connectivity index (χ0) is 23.3. The Bertz CT molecular complexity index is 915. The number of ether oxygens (including phenoxy) is 3. The molecule has 2 atom stereocenters. The summed E-state index contributed by atoms with van der Waals surface area (Å²) in [6.07, 6.45) is 4.73. The second-order valence-electron chi connectivity index (χ2n) is 8.21. The molecule has 2 aromatic rings.